The van der Waals surface area contributed by atoms with Crippen LogP contribution in [0.15, 0.2) is 29.3 Å². The smallest absolute Gasteiger partial charge is 0.334 e. The van der Waals surface area contributed by atoms with Gasteiger partial charge in [-0.2, -0.15) is 13.2 Å². The molecule has 2 nitrogen and oxygen atoms in total. The van der Waals surface area contributed by atoms with Crippen molar-refractivity contribution < 1.29 is 13.2 Å². The molecule has 2 rings (SSSR count). The largest absolute Gasteiger partial charge is 0.418 e. The van der Waals surface area contributed by atoms with Crippen LogP contribution in [-0.4, -0.2) is 17.0 Å². The Labute approximate surface area is 108 Å². The van der Waals surface area contributed by atoms with Gasteiger partial charge in [0.15, 0.2) is 5.17 Å². The summed E-state index contributed by atoms with van der Waals surface area (Å²) in [6.07, 6.45) is -3.45. The lowest BCUT2D eigenvalue weighted by Crippen LogP contribution is -2.13. The minimum absolute atomic E-state index is 0.0630. The van der Waals surface area contributed by atoms with Gasteiger partial charge in [-0.05, 0) is 18.6 Å². The quantitative estimate of drug-likeness (QED) is 0.881. The summed E-state index contributed by atoms with van der Waals surface area (Å²) in [5.74, 6) is 0.826. The monoisotopic (exact) mass is 274 g/mol. The molecule has 0 fully saturated rings. The number of nitrogens with one attached hydrogen (secondary N) is 1. The normalized spacial score (nSPS) is 19.8. The Kier molecular flexibility index (Phi) is 3.85. The average molecular weight is 274 g/mol. The van der Waals surface area contributed by atoms with Gasteiger partial charge >= 0.3 is 6.18 Å². The van der Waals surface area contributed by atoms with Gasteiger partial charge in [0.05, 0.1) is 17.3 Å². The van der Waals surface area contributed by atoms with Gasteiger partial charge in [0.1, 0.15) is 0 Å². The number of alkyl halides is 3. The van der Waals surface area contributed by atoms with Gasteiger partial charge in [-0.1, -0.05) is 30.8 Å². The van der Waals surface area contributed by atoms with E-state index in [4.69, 9.17) is 0 Å². The highest BCUT2D eigenvalue weighted by Gasteiger charge is 2.33. The molecule has 0 unspecified atom stereocenters. The van der Waals surface area contributed by atoms with Gasteiger partial charge in [0, 0.05) is 5.75 Å². The van der Waals surface area contributed by atoms with Crippen molar-refractivity contribution >= 4 is 22.6 Å². The maximum atomic E-state index is 12.8. The van der Waals surface area contributed by atoms with Gasteiger partial charge in [-0.3, -0.25) is 4.99 Å². The molecule has 0 aliphatic carbocycles. The second-order valence-corrected chi connectivity index (χ2v) is 4.98. The number of hydrogen-bond donors (Lipinski definition) is 1. The summed E-state index contributed by atoms with van der Waals surface area (Å²) in [6.45, 7) is 2.02. The first kappa shape index (κ1) is 13.3. The fourth-order valence-corrected chi connectivity index (χ4v) is 2.71. The number of para-hydroxylation sites is 1. The summed E-state index contributed by atoms with van der Waals surface area (Å²) < 4.78 is 38.3. The van der Waals surface area contributed by atoms with Gasteiger partial charge in [-0.25, -0.2) is 0 Å². The van der Waals surface area contributed by atoms with E-state index in [0.29, 0.717) is 5.17 Å². The van der Waals surface area contributed by atoms with Gasteiger partial charge in [-0.15, -0.1) is 0 Å². The third-order valence-corrected chi connectivity index (χ3v) is 3.69. The molecule has 1 aliphatic heterocycles. The topological polar surface area (TPSA) is 24.4 Å². The molecule has 6 heteroatoms. The maximum absolute atomic E-state index is 12.8. The first-order valence-electron chi connectivity index (χ1n) is 5.64. The standard InChI is InChI=1S/C12H13F3N2S/c1-2-8-7-18-11(16-8)17-10-6-4-3-5-9(10)12(13,14)15/h3-6,8H,2,7H2,1H3,(H,16,17)/t8-/m1/s1. The van der Waals surface area contributed by atoms with Crippen LogP contribution < -0.4 is 5.32 Å². The van der Waals surface area contributed by atoms with Crippen molar-refractivity contribution in [2.24, 2.45) is 4.99 Å². The van der Waals surface area contributed by atoms with E-state index in [9.17, 15) is 13.2 Å². The summed E-state index contributed by atoms with van der Waals surface area (Å²) in [5, 5.41) is 3.34. The van der Waals surface area contributed by atoms with E-state index in [0.717, 1.165) is 18.2 Å². The molecule has 0 radical (unpaired) electrons. The van der Waals surface area contributed by atoms with Crippen LogP contribution in [0.1, 0.15) is 18.9 Å². The molecule has 0 aromatic heterocycles. The van der Waals surface area contributed by atoms with Crippen LogP contribution in [0.5, 0.6) is 0 Å². The van der Waals surface area contributed by atoms with Crippen molar-refractivity contribution in [1.29, 1.82) is 0 Å². The predicted octanol–water partition coefficient (Wildman–Crippen LogP) is 4.00. The first-order valence-corrected chi connectivity index (χ1v) is 6.63. The average Bonchev–Trinajstić information content (AvgIpc) is 2.76. The Balaban J connectivity index is 2.20. The van der Waals surface area contributed by atoms with Crippen LogP contribution in [0.2, 0.25) is 0 Å². The molecule has 0 amide bonds. The molecule has 1 atom stereocenters. The summed E-state index contributed by atoms with van der Waals surface area (Å²) in [5.41, 5.74) is -0.596. The van der Waals surface area contributed by atoms with Crippen molar-refractivity contribution in [2.75, 3.05) is 11.1 Å². The molecule has 0 saturated heterocycles. The van der Waals surface area contributed by atoms with Gasteiger partial charge < -0.3 is 5.32 Å². The van der Waals surface area contributed by atoms with Crippen LogP contribution >= 0.6 is 11.8 Å². The molecule has 1 aromatic rings. The Morgan fingerprint density at radius 3 is 2.72 bits per heavy atom. The van der Waals surface area contributed by atoms with Crippen molar-refractivity contribution in [3.63, 3.8) is 0 Å². The summed E-state index contributed by atoms with van der Waals surface area (Å²) >= 11 is 1.46. The number of hydrogen-bond acceptors (Lipinski definition) is 3. The molecule has 0 spiro atoms. The molecule has 1 heterocycles. The number of benzene rings is 1. The van der Waals surface area contributed by atoms with Crippen LogP contribution in [-0.2, 0) is 6.18 Å². The Morgan fingerprint density at radius 2 is 2.11 bits per heavy atom. The number of nitrogens with zero attached hydrogens (tertiary/aromatic N) is 1. The van der Waals surface area contributed by atoms with Crippen molar-refractivity contribution in [3.8, 4) is 0 Å². The van der Waals surface area contributed by atoms with Crippen molar-refractivity contribution in [3.05, 3.63) is 29.8 Å². The summed E-state index contributed by atoms with van der Waals surface area (Å²) in [4.78, 5) is 4.33. The Hall–Kier alpha value is -1.17. The molecule has 0 bridgehead atoms. The van der Waals surface area contributed by atoms with Crippen molar-refractivity contribution in [2.45, 2.75) is 25.6 Å². The van der Waals surface area contributed by atoms with E-state index in [-0.39, 0.29) is 11.7 Å². The predicted molar refractivity (Wildman–Crippen MR) is 69.0 cm³/mol. The van der Waals surface area contributed by atoms with Crippen LogP contribution in [0, 0.1) is 0 Å². The number of halogens is 3. The molecule has 1 aliphatic rings. The fraction of sp³-hybridized carbons (Fsp3) is 0.417. The Morgan fingerprint density at radius 1 is 1.39 bits per heavy atom. The molecule has 18 heavy (non-hydrogen) atoms. The van der Waals surface area contributed by atoms with E-state index in [2.05, 4.69) is 10.3 Å². The minimum atomic E-state index is -4.35. The van der Waals surface area contributed by atoms with Crippen molar-refractivity contribution in [1.82, 2.24) is 0 Å². The lowest BCUT2D eigenvalue weighted by Gasteiger charge is -2.13. The molecule has 1 N–H and O–H groups in total. The lowest BCUT2D eigenvalue weighted by molar-refractivity contribution is -0.136. The third kappa shape index (κ3) is 2.98. The molecule has 98 valence electrons. The molecular formula is C12H13F3N2S. The first-order chi connectivity index (χ1) is 8.50. The highest BCUT2D eigenvalue weighted by Crippen LogP contribution is 2.35. The van der Waals surface area contributed by atoms with Gasteiger partial charge in [0.25, 0.3) is 0 Å². The molecule has 0 saturated carbocycles. The second kappa shape index (κ2) is 5.22. The van der Waals surface area contributed by atoms with E-state index >= 15 is 0 Å². The van der Waals surface area contributed by atoms with Crippen LogP contribution in [0.4, 0.5) is 18.9 Å². The zero-order valence-electron chi connectivity index (χ0n) is 9.79. The number of amidine groups is 1. The zero-order chi connectivity index (χ0) is 13.2. The fourth-order valence-electron chi connectivity index (χ4n) is 1.65. The lowest BCUT2D eigenvalue weighted by atomic mass is 10.2. The highest BCUT2D eigenvalue weighted by atomic mass is 32.2. The van der Waals surface area contributed by atoms with Crippen LogP contribution in [0.25, 0.3) is 0 Å². The SMILES string of the molecule is CC[C@@H]1CSC(Nc2ccccc2C(F)(F)F)=N1. The van der Waals surface area contributed by atoms with E-state index in [1.807, 2.05) is 6.92 Å². The van der Waals surface area contributed by atoms with E-state index in [1.54, 1.807) is 6.07 Å². The van der Waals surface area contributed by atoms with E-state index in [1.165, 1.54) is 23.9 Å². The second-order valence-electron chi connectivity index (χ2n) is 3.98. The maximum Gasteiger partial charge on any atom is 0.418 e. The van der Waals surface area contributed by atoms with Gasteiger partial charge in [0.2, 0.25) is 0 Å². The molecule has 1 aromatic carbocycles. The molecular weight excluding hydrogens is 261 g/mol. The van der Waals surface area contributed by atoms with E-state index < -0.39 is 11.7 Å². The summed E-state index contributed by atoms with van der Waals surface area (Å²) in [7, 11) is 0. The minimum Gasteiger partial charge on any atom is -0.334 e. The van der Waals surface area contributed by atoms with Crippen LogP contribution in [0.3, 0.4) is 0 Å². The Bertz CT molecular complexity index is 457. The number of thioether (sulfide) groups is 1. The number of rotatable bonds is 2. The summed E-state index contributed by atoms with van der Waals surface area (Å²) in [6, 6.07) is 5.66. The number of aliphatic imine (C=N–C) groups is 1. The highest BCUT2D eigenvalue weighted by molar-refractivity contribution is 8.14. The third-order valence-electron chi connectivity index (χ3n) is 2.66. The zero-order valence-corrected chi connectivity index (χ0v) is 10.6. The number of anilines is 1.